The van der Waals surface area contributed by atoms with Crippen LogP contribution in [0.25, 0.3) is 17.0 Å². The van der Waals surface area contributed by atoms with Crippen LogP contribution in [0.4, 0.5) is 16.2 Å². The molecule has 128 valence electrons. The molecule has 0 spiro atoms. The summed E-state index contributed by atoms with van der Waals surface area (Å²) in [5.41, 5.74) is 3.00. The Morgan fingerprint density at radius 3 is 2.62 bits per heavy atom. The molecule has 2 N–H and O–H groups in total. The van der Waals surface area contributed by atoms with Crippen molar-refractivity contribution in [3.8, 4) is 11.3 Å². The lowest BCUT2D eigenvalue weighted by atomic mass is 10.1. The van der Waals surface area contributed by atoms with Gasteiger partial charge < -0.3 is 10.6 Å². The molecule has 4 rings (SSSR count). The van der Waals surface area contributed by atoms with Gasteiger partial charge in [0, 0.05) is 40.6 Å². The third-order valence-corrected chi connectivity index (χ3v) is 4.01. The Balaban J connectivity index is 1.51. The van der Waals surface area contributed by atoms with E-state index in [2.05, 4.69) is 20.6 Å². The van der Waals surface area contributed by atoms with Crippen molar-refractivity contribution in [1.29, 1.82) is 0 Å². The van der Waals surface area contributed by atoms with Gasteiger partial charge in [-0.25, -0.2) is 14.8 Å². The predicted molar refractivity (Wildman–Crippen MR) is 103 cm³/mol. The standard InChI is InChI=1S/C19H14ClN5O/c20-14-5-7-15(8-6-14)22-19(26)23-16-4-1-3-13(11-16)17-12-25-10-2-9-21-18(25)24-17/h1-12H,(H2,22,23,26). The van der Waals surface area contributed by atoms with Crippen LogP contribution >= 0.6 is 11.6 Å². The number of benzene rings is 2. The second-order valence-corrected chi connectivity index (χ2v) is 6.06. The molecule has 2 aromatic heterocycles. The number of carbonyl (C=O) groups excluding carboxylic acids is 1. The van der Waals surface area contributed by atoms with E-state index < -0.39 is 0 Å². The van der Waals surface area contributed by atoms with Gasteiger partial charge in [0.15, 0.2) is 0 Å². The molecule has 2 heterocycles. The fraction of sp³-hybridized carbons (Fsp3) is 0. The highest BCUT2D eigenvalue weighted by Gasteiger charge is 2.07. The monoisotopic (exact) mass is 363 g/mol. The maximum absolute atomic E-state index is 12.2. The van der Waals surface area contributed by atoms with Crippen LogP contribution in [0.2, 0.25) is 5.02 Å². The number of amides is 2. The van der Waals surface area contributed by atoms with Gasteiger partial charge in [-0.3, -0.25) is 4.40 Å². The van der Waals surface area contributed by atoms with E-state index in [9.17, 15) is 4.79 Å². The molecule has 0 aliphatic carbocycles. The smallest absolute Gasteiger partial charge is 0.308 e. The van der Waals surface area contributed by atoms with E-state index >= 15 is 0 Å². The van der Waals surface area contributed by atoms with Crippen molar-refractivity contribution >= 4 is 34.8 Å². The molecular formula is C19H14ClN5O. The second-order valence-electron chi connectivity index (χ2n) is 5.62. The lowest BCUT2D eigenvalue weighted by Gasteiger charge is -2.08. The number of nitrogens with zero attached hydrogens (tertiary/aromatic N) is 3. The lowest BCUT2D eigenvalue weighted by molar-refractivity contribution is 0.262. The summed E-state index contributed by atoms with van der Waals surface area (Å²) in [5.74, 6) is 0.626. The Hall–Kier alpha value is -3.38. The van der Waals surface area contributed by atoms with E-state index in [0.717, 1.165) is 11.3 Å². The van der Waals surface area contributed by atoms with Crippen molar-refractivity contribution in [2.75, 3.05) is 10.6 Å². The normalized spacial score (nSPS) is 10.7. The van der Waals surface area contributed by atoms with E-state index in [-0.39, 0.29) is 6.03 Å². The SMILES string of the molecule is O=C(Nc1ccc(Cl)cc1)Nc1cccc(-c2cn3cccnc3n2)c1. The van der Waals surface area contributed by atoms with Crippen LogP contribution in [0.1, 0.15) is 0 Å². The molecule has 0 aliphatic heterocycles. The highest BCUT2D eigenvalue weighted by molar-refractivity contribution is 6.30. The van der Waals surface area contributed by atoms with Crippen LogP contribution in [0.15, 0.2) is 73.2 Å². The summed E-state index contributed by atoms with van der Waals surface area (Å²) in [5, 5.41) is 6.19. The van der Waals surface area contributed by atoms with Crippen LogP contribution in [-0.2, 0) is 0 Å². The van der Waals surface area contributed by atoms with Gasteiger partial charge in [-0.15, -0.1) is 0 Å². The number of nitrogens with one attached hydrogen (secondary N) is 2. The summed E-state index contributed by atoms with van der Waals surface area (Å²) in [7, 11) is 0. The summed E-state index contributed by atoms with van der Waals surface area (Å²) in [6.07, 6.45) is 5.49. The summed E-state index contributed by atoms with van der Waals surface area (Å²) in [6, 6.07) is 15.9. The third kappa shape index (κ3) is 3.50. The van der Waals surface area contributed by atoms with Gasteiger partial charge in [0.2, 0.25) is 5.78 Å². The minimum Gasteiger partial charge on any atom is -0.308 e. The van der Waals surface area contributed by atoms with Gasteiger partial charge >= 0.3 is 6.03 Å². The van der Waals surface area contributed by atoms with Crippen molar-refractivity contribution in [1.82, 2.24) is 14.4 Å². The first-order valence-corrected chi connectivity index (χ1v) is 8.29. The van der Waals surface area contributed by atoms with Gasteiger partial charge in [-0.05, 0) is 42.5 Å². The second kappa shape index (κ2) is 6.85. The predicted octanol–water partition coefficient (Wildman–Crippen LogP) is 4.69. The van der Waals surface area contributed by atoms with Crippen LogP contribution in [0, 0.1) is 0 Å². The Morgan fingerprint density at radius 1 is 1.00 bits per heavy atom. The van der Waals surface area contributed by atoms with Crippen molar-refractivity contribution < 1.29 is 4.79 Å². The zero-order chi connectivity index (χ0) is 17.9. The van der Waals surface area contributed by atoms with E-state index in [1.165, 1.54) is 0 Å². The summed E-state index contributed by atoms with van der Waals surface area (Å²) < 4.78 is 1.85. The number of hydrogen-bond donors (Lipinski definition) is 2. The highest BCUT2D eigenvalue weighted by Crippen LogP contribution is 2.22. The van der Waals surface area contributed by atoms with Crippen LogP contribution < -0.4 is 10.6 Å². The van der Waals surface area contributed by atoms with E-state index in [4.69, 9.17) is 11.6 Å². The highest BCUT2D eigenvalue weighted by atomic mass is 35.5. The first-order chi connectivity index (χ1) is 12.7. The molecule has 0 saturated heterocycles. The summed E-state index contributed by atoms with van der Waals surface area (Å²) >= 11 is 5.84. The van der Waals surface area contributed by atoms with Crippen LogP contribution in [0.3, 0.4) is 0 Å². The van der Waals surface area contributed by atoms with E-state index in [0.29, 0.717) is 22.2 Å². The molecule has 0 aliphatic rings. The zero-order valence-corrected chi connectivity index (χ0v) is 14.3. The molecule has 6 nitrogen and oxygen atoms in total. The fourth-order valence-corrected chi connectivity index (χ4v) is 2.68. The topological polar surface area (TPSA) is 71.3 Å². The minimum atomic E-state index is -0.332. The first kappa shape index (κ1) is 16.1. The number of hydrogen-bond acceptors (Lipinski definition) is 3. The Kier molecular flexibility index (Phi) is 4.25. The fourth-order valence-electron chi connectivity index (χ4n) is 2.55. The number of rotatable bonds is 3. The number of fused-ring (bicyclic) bond motifs is 1. The number of urea groups is 1. The average Bonchev–Trinajstić information content (AvgIpc) is 3.08. The molecule has 0 saturated carbocycles. The lowest BCUT2D eigenvalue weighted by Crippen LogP contribution is -2.19. The molecule has 0 bridgehead atoms. The molecule has 0 unspecified atom stereocenters. The number of anilines is 2. The maximum atomic E-state index is 12.2. The van der Waals surface area contributed by atoms with Gasteiger partial charge in [-0.1, -0.05) is 23.7 Å². The van der Waals surface area contributed by atoms with Crippen molar-refractivity contribution in [3.63, 3.8) is 0 Å². The van der Waals surface area contributed by atoms with Gasteiger partial charge in [-0.2, -0.15) is 0 Å². The first-order valence-electron chi connectivity index (χ1n) is 7.91. The molecule has 2 aromatic carbocycles. The van der Waals surface area contributed by atoms with Gasteiger partial charge in [0.1, 0.15) is 0 Å². The van der Waals surface area contributed by atoms with Crippen LogP contribution in [0.5, 0.6) is 0 Å². The molecular weight excluding hydrogens is 350 g/mol. The van der Waals surface area contributed by atoms with Crippen molar-refractivity contribution in [2.24, 2.45) is 0 Å². The molecule has 26 heavy (non-hydrogen) atoms. The van der Waals surface area contributed by atoms with E-state index in [1.807, 2.05) is 47.1 Å². The Bertz CT molecular complexity index is 1040. The van der Waals surface area contributed by atoms with Gasteiger partial charge in [0.25, 0.3) is 0 Å². The van der Waals surface area contributed by atoms with Crippen LogP contribution in [-0.4, -0.2) is 20.4 Å². The maximum Gasteiger partial charge on any atom is 0.323 e. The zero-order valence-electron chi connectivity index (χ0n) is 13.6. The third-order valence-electron chi connectivity index (χ3n) is 3.75. The molecule has 0 radical (unpaired) electrons. The van der Waals surface area contributed by atoms with E-state index in [1.54, 1.807) is 30.5 Å². The van der Waals surface area contributed by atoms with Crippen molar-refractivity contribution in [2.45, 2.75) is 0 Å². The largest absolute Gasteiger partial charge is 0.323 e. The molecule has 4 aromatic rings. The van der Waals surface area contributed by atoms with Crippen molar-refractivity contribution in [3.05, 3.63) is 78.2 Å². The summed E-state index contributed by atoms with van der Waals surface area (Å²) in [4.78, 5) is 20.9. The Labute approximate surface area is 154 Å². The minimum absolute atomic E-state index is 0.332. The number of aromatic nitrogens is 3. The van der Waals surface area contributed by atoms with Gasteiger partial charge in [0.05, 0.1) is 5.69 Å². The molecule has 0 atom stereocenters. The number of imidazole rings is 1. The molecule has 7 heteroatoms. The number of halogens is 1. The summed E-state index contributed by atoms with van der Waals surface area (Å²) in [6.45, 7) is 0. The average molecular weight is 364 g/mol. The quantitative estimate of drug-likeness (QED) is 0.554. The Morgan fingerprint density at radius 2 is 1.81 bits per heavy atom. The molecule has 2 amide bonds. The number of carbonyl (C=O) groups is 1. The molecule has 0 fully saturated rings.